The van der Waals surface area contributed by atoms with Crippen molar-refractivity contribution in [2.75, 3.05) is 31.5 Å². The highest BCUT2D eigenvalue weighted by Crippen LogP contribution is 2.29. The number of rotatable bonds is 15. The SMILES string of the molecule is NCCNC(=O)C(Cc1ccncc1)NC(=O)C(Cc1ccc(F)c(F)c1)NC(=O)Nc1ccc2c(CN3CCCC3)nn(Cc3c(Cl)cccc3Cl)c2c1. The van der Waals surface area contributed by atoms with E-state index in [1.807, 2.05) is 6.07 Å². The molecule has 0 saturated carbocycles. The second-order valence-corrected chi connectivity index (χ2v) is 14.1. The second kappa shape index (κ2) is 18.5. The Morgan fingerprint density at radius 1 is 0.818 bits per heavy atom. The van der Waals surface area contributed by atoms with Crippen LogP contribution in [0, 0.1) is 11.6 Å². The molecule has 1 saturated heterocycles. The van der Waals surface area contributed by atoms with Gasteiger partial charge in [0.2, 0.25) is 11.8 Å². The summed E-state index contributed by atoms with van der Waals surface area (Å²) in [4.78, 5) is 47.0. The van der Waals surface area contributed by atoms with Gasteiger partial charge in [0.05, 0.1) is 17.8 Å². The van der Waals surface area contributed by atoms with E-state index in [2.05, 4.69) is 31.2 Å². The highest BCUT2D eigenvalue weighted by atomic mass is 35.5. The number of anilines is 1. The third kappa shape index (κ3) is 10.3. The number of urea groups is 1. The molecule has 1 aliphatic rings. The number of benzene rings is 3. The van der Waals surface area contributed by atoms with E-state index in [4.69, 9.17) is 34.0 Å². The van der Waals surface area contributed by atoms with Crippen LogP contribution in [0.5, 0.6) is 0 Å². The maximum atomic E-state index is 14.2. The minimum atomic E-state index is -1.31. The van der Waals surface area contributed by atoms with Crippen LogP contribution in [0.15, 0.2) is 79.1 Å². The van der Waals surface area contributed by atoms with Crippen molar-refractivity contribution >= 4 is 57.6 Å². The molecule has 288 valence electrons. The fraction of sp³-hybridized carbons (Fsp3) is 0.308. The zero-order chi connectivity index (χ0) is 38.9. The Labute approximate surface area is 326 Å². The molecule has 1 aliphatic heterocycles. The Kier molecular flexibility index (Phi) is 13.3. The predicted molar refractivity (Wildman–Crippen MR) is 208 cm³/mol. The Balaban J connectivity index is 1.25. The van der Waals surface area contributed by atoms with Crippen LogP contribution in [0.1, 0.15) is 35.2 Å². The molecule has 3 aromatic carbocycles. The molecule has 5 aromatic rings. The van der Waals surface area contributed by atoms with Crippen LogP contribution in [0.25, 0.3) is 10.9 Å². The van der Waals surface area contributed by atoms with Crippen molar-refractivity contribution in [3.05, 3.63) is 123 Å². The first kappa shape index (κ1) is 39.5. The number of nitrogens with zero attached hydrogens (tertiary/aromatic N) is 4. The van der Waals surface area contributed by atoms with Crippen molar-refractivity contribution in [3.8, 4) is 0 Å². The van der Waals surface area contributed by atoms with E-state index in [1.165, 1.54) is 6.07 Å². The topological polar surface area (TPSA) is 159 Å². The number of aromatic nitrogens is 3. The largest absolute Gasteiger partial charge is 0.353 e. The molecule has 0 bridgehead atoms. The van der Waals surface area contributed by atoms with Gasteiger partial charge in [-0.25, -0.2) is 13.6 Å². The molecule has 6 N–H and O–H groups in total. The van der Waals surface area contributed by atoms with Crippen molar-refractivity contribution in [1.82, 2.24) is 35.6 Å². The van der Waals surface area contributed by atoms with Gasteiger partial charge in [-0.2, -0.15) is 5.10 Å². The molecule has 3 heterocycles. The standard InChI is InChI=1S/C39H41Cl2F2N9O3/c40-29-4-3-5-30(41)28(29)22-52-36-21-26(7-8-27(36)35(50-52)23-51-16-1-2-17-51)47-39(55)49-34(20-25-6-9-31(42)32(43)18-25)38(54)48-33(37(53)46-15-12-44)19-24-10-13-45-14-11-24/h3-11,13-14,18,21,33-34H,1-2,12,15-17,19-20,22-23,44H2,(H,46,53)(H,48,54)(H2,47,49,55). The average molecular weight is 793 g/mol. The third-order valence-corrected chi connectivity index (χ3v) is 10.0. The number of carbonyl (C=O) groups is 3. The number of amides is 4. The molecule has 0 spiro atoms. The molecule has 2 unspecified atom stereocenters. The van der Waals surface area contributed by atoms with Gasteiger partial charge in [-0.1, -0.05) is 35.3 Å². The lowest BCUT2D eigenvalue weighted by molar-refractivity contribution is -0.129. The summed E-state index contributed by atoms with van der Waals surface area (Å²) in [5, 5.41) is 17.7. The second-order valence-electron chi connectivity index (χ2n) is 13.3. The summed E-state index contributed by atoms with van der Waals surface area (Å²) >= 11 is 13.1. The molecule has 0 aliphatic carbocycles. The van der Waals surface area contributed by atoms with Crippen molar-refractivity contribution < 1.29 is 23.2 Å². The maximum Gasteiger partial charge on any atom is 0.319 e. The van der Waals surface area contributed by atoms with Crippen molar-refractivity contribution in [2.24, 2.45) is 5.73 Å². The monoisotopic (exact) mass is 791 g/mol. The zero-order valence-electron chi connectivity index (χ0n) is 29.8. The van der Waals surface area contributed by atoms with Gasteiger partial charge in [0.1, 0.15) is 12.1 Å². The molecule has 0 radical (unpaired) electrons. The molecule has 12 nitrogen and oxygen atoms in total. The summed E-state index contributed by atoms with van der Waals surface area (Å²) < 4.78 is 29.9. The number of halogens is 4. The number of nitrogens with one attached hydrogen (secondary N) is 4. The predicted octanol–water partition coefficient (Wildman–Crippen LogP) is 5.20. The van der Waals surface area contributed by atoms with Gasteiger partial charge in [0.15, 0.2) is 11.6 Å². The highest BCUT2D eigenvalue weighted by Gasteiger charge is 2.28. The van der Waals surface area contributed by atoms with Crippen LogP contribution < -0.4 is 27.0 Å². The third-order valence-electron chi connectivity index (χ3n) is 9.34. The first-order valence-corrected chi connectivity index (χ1v) is 18.7. The number of pyridine rings is 1. The molecule has 2 aromatic heterocycles. The van der Waals surface area contributed by atoms with Gasteiger partial charge in [-0.3, -0.25) is 24.2 Å². The summed E-state index contributed by atoms with van der Waals surface area (Å²) in [5.74, 6) is -3.37. The number of fused-ring (bicyclic) bond motifs is 1. The quantitative estimate of drug-likeness (QED) is 0.0976. The molecule has 16 heteroatoms. The van der Waals surface area contributed by atoms with Gasteiger partial charge in [-0.15, -0.1) is 0 Å². The highest BCUT2D eigenvalue weighted by molar-refractivity contribution is 6.36. The van der Waals surface area contributed by atoms with Gasteiger partial charge in [0.25, 0.3) is 0 Å². The lowest BCUT2D eigenvalue weighted by atomic mass is 10.0. The molecule has 4 amide bonds. The van der Waals surface area contributed by atoms with Crippen LogP contribution in [-0.2, 0) is 35.5 Å². The van der Waals surface area contributed by atoms with Crippen LogP contribution in [0.2, 0.25) is 10.0 Å². The van der Waals surface area contributed by atoms with E-state index < -0.39 is 41.6 Å². The minimum Gasteiger partial charge on any atom is -0.353 e. The lowest BCUT2D eigenvalue weighted by Crippen LogP contribution is -2.55. The van der Waals surface area contributed by atoms with Gasteiger partial charge < -0.3 is 27.0 Å². The molecule has 2 atom stereocenters. The first-order valence-electron chi connectivity index (χ1n) is 17.9. The normalized spacial score (nSPS) is 14.1. The fourth-order valence-electron chi connectivity index (χ4n) is 6.54. The molecule has 6 rings (SSSR count). The zero-order valence-corrected chi connectivity index (χ0v) is 31.3. The van der Waals surface area contributed by atoms with Crippen LogP contribution in [-0.4, -0.2) is 75.8 Å². The smallest absolute Gasteiger partial charge is 0.319 e. The van der Waals surface area contributed by atoms with E-state index in [9.17, 15) is 23.2 Å². The summed E-state index contributed by atoms with van der Waals surface area (Å²) in [6, 6.07) is 14.2. The van der Waals surface area contributed by atoms with Crippen LogP contribution >= 0.6 is 23.2 Å². The van der Waals surface area contributed by atoms with Gasteiger partial charge >= 0.3 is 6.03 Å². The fourth-order valence-corrected chi connectivity index (χ4v) is 7.05. The summed E-state index contributed by atoms with van der Waals surface area (Å²) in [5.41, 5.74) is 9.24. The van der Waals surface area contributed by atoms with Crippen LogP contribution in [0.4, 0.5) is 19.3 Å². The van der Waals surface area contributed by atoms with E-state index in [0.29, 0.717) is 27.8 Å². The minimum absolute atomic E-state index is 0.113. The van der Waals surface area contributed by atoms with Gasteiger partial charge in [0, 0.05) is 71.6 Å². The van der Waals surface area contributed by atoms with Gasteiger partial charge in [-0.05, 0) is 91.7 Å². The first-order chi connectivity index (χ1) is 26.6. The number of carbonyl (C=O) groups excluding carboxylic acids is 3. The Morgan fingerprint density at radius 3 is 2.24 bits per heavy atom. The number of hydrogen-bond donors (Lipinski definition) is 5. The van der Waals surface area contributed by atoms with E-state index in [0.717, 1.165) is 60.2 Å². The lowest BCUT2D eigenvalue weighted by Gasteiger charge is -2.23. The van der Waals surface area contributed by atoms with Crippen molar-refractivity contribution in [1.29, 1.82) is 0 Å². The van der Waals surface area contributed by atoms with Crippen molar-refractivity contribution in [2.45, 2.75) is 50.9 Å². The Hall–Kier alpha value is -5.15. The summed E-state index contributed by atoms with van der Waals surface area (Å²) in [6.45, 7) is 3.25. The average Bonchev–Trinajstić information content (AvgIpc) is 3.81. The number of nitrogens with two attached hydrogens (primary N) is 1. The molecule has 1 fully saturated rings. The Bertz CT molecular complexity index is 2130. The Morgan fingerprint density at radius 2 is 1.53 bits per heavy atom. The summed E-state index contributed by atoms with van der Waals surface area (Å²) in [6.07, 6.45) is 5.27. The summed E-state index contributed by atoms with van der Waals surface area (Å²) in [7, 11) is 0. The maximum absolute atomic E-state index is 14.2. The number of hydrogen-bond acceptors (Lipinski definition) is 7. The van der Waals surface area contributed by atoms with Crippen molar-refractivity contribution in [3.63, 3.8) is 0 Å². The molecular weight excluding hydrogens is 751 g/mol. The van der Waals surface area contributed by atoms with E-state index >= 15 is 0 Å². The molecule has 55 heavy (non-hydrogen) atoms. The molecular formula is C39H41Cl2F2N9O3. The van der Waals surface area contributed by atoms with E-state index in [1.54, 1.807) is 59.5 Å². The van der Waals surface area contributed by atoms with Crippen LogP contribution in [0.3, 0.4) is 0 Å². The number of likely N-dealkylation sites (tertiary alicyclic amines) is 1. The van der Waals surface area contributed by atoms with E-state index in [-0.39, 0.29) is 38.0 Å².